The average molecular weight is 315 g/mol. The van der Waals surface area contributed by atoms with Crippen LogP contribution in [0.4, 0.5) is 4.39 Å². The molecule has 118 valence electrons. The lowest BCUT2D eigenvalue weighted by atomic mass is 9.77. The number of hydrogen-bond acceptors (Lipinski definition) is 3. The highest BCUT2D eigenvalue weighted by molar-refractivity contribution is 7.90. The van der Waals surface area contributed by atoms with Crippen LogP contribution in [-0.2, 0) is 15.7 Å². The molecule has 2 atom stereocenters. The summed E-state index contributed by atoms with van der Waals surface area (Å²) in [6.07, 6.45) is 2.28. The number of alkyl halides is 1. The van der Waals surface area contributed by atoms with E-state index in [1.54, 1.807) is 13.8 Å². The summed E-state index contributed by atoms with van der Waals surface area (Å²) in [5, 5.41) is 8.74. The Balaban J connectivity index is 2.32. The highest BCUT2D eigenvalue weighted by atomic mass is 32.2. The first kappa shape index (κ1) is 16.2. The molecule has 1 aliphatic carbocycles. The van der Waals surface area contributed by atoms with Crippen LogP contribution in [0.3, 0.4) is 0 Å². The zero-order valence-corrected chi connectivity index (χ0v) is 13.2. The van der Waals surface area contributed by atoms with Crippen molar-refractivity contribution in [3.63, 3.8) is 0 Å². The van der Waals surface area contributed by atoms with Gasteiger partial charge in [-0.25, -0.2) is 17.5 Å². The van der Waals surface area contributed by atoms with E-state index in [-0.39, 0.29) is 12.2 Å². The molecule has 1 aliphatic rings. The van der Waals surface area contributed by atoms with Crippen LogP contribution in [0, 0.1) is 0 Å². The van der Waals surface area contributed by atoms with Crippen molar-refractivity contribution >= 4 is 10.0 Å². The summed E-state index contributed by atoms with van der Waals surface area (Å²) < 4.78 is 42.1. The number of nitrogens with one attached hydrogen (secondary N) is 1. The molecule has 0 amide bonds. The standard InChI is InChI=1S/C15H22FNO3S/c1-11(2)21(19,20)17-14-5-3-4-10-15(14,16)12-6-8-13(18)9-7-12/h6-9,11,14,17-18H,3-5,10H2,1-2H3/t14-,15-/m1/s1. The Morgan fingerprint density at radius 3 is 2.48 bits per heavy atom. The molecule has 0 unspecified atom stereocenters. The van der Waals surface area contributed by atoms with Gasteiger partial charge in [-0.15, -0.1) is 0 Å². The van der Waals surface area contributed by atoms with E-state index in [0.29, 0.717) is 12.0 Å². The summed E-state index contributed by atoms with van der Waals surface area (Å²) in [7, 11) is -3.52. The Hall–Kier alpha value is -1.14. The second-order valence-electron chi connectivity index (χ2n) is 5.92. The molecule has 21 heavy (non-hydrogen) atoms. The number of rotatable bonds is 4. The number of hydrogen-bond donors (Lipinski definition) is 2. The lowest BCUT2D eigenvalue weighted by molar-refractivity contribution is 0.0712. The lowest BCUT2D eigenvalue weighted by Crippen LogP contribution is -2.51. The average Bonchev–Trinajstić information content (AvgIpc) is 2.42. The molecule has 0 saturated heterocycles. The second-order valence-corrected chi connectivity index (χ2v) is 8.19. The van der Waals surface area contributed by atoms with Crippen LogP contribution in [0.2, 0.25) is 0 Å². The molecule has 0 bridgehead atoms. The highest BCUT2D eigenvalue weighted by Crippen LogP contribution is 2.41. The molecular weight excluding hydrogens is 293 g/mol. The normalized spacial score (nSPS) is 27.0. The van der Waals surface area contributed by atoms with Crippen molar-refractivity contribution in [1.82, 2.24) is 4.72 Å². The molecule has 0 heterocycles. The third-order valence-corrected chi connectivity index (χ3v) is 5.96. The monoisotopic (exact) mass is 315 g/mol. The summed E-state index contributed by atoms with van der Waals surface area (Å²) in [4.78, 5) is 0. The van der Waals surface area contributed by atoms with Gasteiger partial charge >= 0.3 is 0 Å². The molecule has 0 aliphatic heterocycles. The SMILES string of the molecule is CC(C)S(=O)(=O)N[C@@H]1CCCC[C@@]1(F)c1ccc(O)cc1. The van der Waals surface area contributed by atoms with Gasteiger partial charge in [0.25, 0.3) is 0 Å². The maximum atomic E-state index is 15.5. The van der Waals surface area contributed by atoms with Gasteiger partial charge in [0.2, 0.25) is 10.0 Å². The zero-order valence-electron chi connectivity index (χ0n) is 12.3. The largest absolute Gasteiger partial charge is 0.508 e. The quantitative estimate of drug-likeness (QED) is 0.898. The molecule has 1 saturated carbocycles. The van der Waals surface area contributed by atoms with Crippen LogP contribution in [0.15, 0.2) is 24.3 Å². The molecule has 1 aromatic rings. The van der Waals surface area contributed by atoms with Crippen LogP contribution in [-0.4, -0.2) is 24.8 Å². The Labute approximate surface area is 125 Å². The number of sulfonamides is 1. The Bertz CT molecular complexity index is 585. The Kier molecular flexibility index (Phi) is 4.58. The van der Waals surface area contributed by atoms with E-state index in [9.17, 15) is 13.5 Å². The topological polar surface area (TPSA) is 66.4 Å². The van der Waals surface area contributed by atoms with Crippen LogP contribution < -0.4 is 4.72 Å². The summed E-state index contributed by atoms with van der Waals surface area (Å²) in [5.74, 6) is 0.0671. The number of aromatic hydroxyl groups is 1. The summed E-state index contributed by atoms with van der Waals surface area (Å²) in [6, 6.07) is 5.15. The molecular formula is C15H22FNO3S. The molecule has 0 aromatic heterocycles. The molecule has 6 heteroatoms. The van der Waals surface area contributed by atoms with Crippen molar-refractivity contribution < 1.29 is 17.9 Å². The molecule has 0 spiro atoms. The first-order chi connectivity index (χ1) is 9.75. The minimum Gasteiger partial charge on any atom is -0.508 e. The second kappa shape index (κ2) is 5.93. The van der Waals surface area contributed by atoms with Crippen molar-refractivity contribution in [3.05, 3.63) is 29.8 Å². The molecule has 2 rings (SSSR count). The fourth-order valence-electron chi connectivity index (χ4n) is 2.70. The van der Waals surface area contributed by atoms with Gasteiger partial charge in [-0.1, -0.05) is 18.6 Å². The maximum absolute atomic E-state index is 15.5. The molecule has 4 nitrogen and oxygen atoms in total. The zero-order chi connectivity index (χ0) is 15.7. The van der Waals surface area contributed by atoms with Crippen molar-refractivity contribution in [2.24, 2.45) is 0 Å². The smallest absolute Gasteiger partial charge is 0.214 e. The van der Waals surface area contributed by atoms with Gasteiger partial charge in [0.15, 0.2) is 5.67 Å². The van der Waals surface area contributed by atoms with E-state index < -0.39 is 27.0 Å². The van der Waals surface area contributed by atoms with Crippen LogP contribution in [0.5, 0.6) is 5.75 Å². The molecule has 2 N–H and O–H groups in total. The number of halogens is 1. The van der Waals surface area contributed by atoms with E-state index in [2.05, 4.69) is 4.72 Å². The van der Waals surface area contributed by atoms with Gasteiger partial charge < -0.3 is 5.11 Å². The third kappa shape index (κ3) is 3.37. The van der Waals surface area contributed by atoms with Crippen molar-refractivity contribution in [3.8, 4) is 5.75 Å². The number of benzene rings is 1. The Morgan fingerprint density at radius 2 is 1.90 bits per heavy atom. The van der Waals surface area contributed by atoms with Crippen molar-refractivity contribution in [2.75, 3.05) is 0 Å². The third-order valence-electron chi connectivity index (χ3n) is 4.11. The van der Waals surface area contributed by atoms with Crippen molar-refractivity contribution in [1.29, 1.82) is 0 Å². The minimum absolute atomic E-state index is 0.0671. The first-order valence-electron chi connectivity index (χ1n) is 7.25. The fraction of sp³-hybridized carbons (Fsp3) is 0.600. The summed E-state index contributed by atoms with van der Waals surface area (Å²) >= 11 is 0. The van der Waals surface area contributed by atoms with Gasteiger partial charge in [0.05, 0.1) is 11.3 Å². The predicted octanol–water partition coefficient (Wildman–Crippen LogP) is 2.83. The van der Waals surface area contributed by atoms with E-state index >= 15 is 4.39 Å². The Morgan fingerprint density at radius 1 is 1.29 bits per heavy atom. The fourth-order valence-corrected chi connectivity index (χ4v) is 3.68. The summed E-state index contributed by atoms with van der Waals surface area (Å²) in [6.45, 7) is 3.15. The predicted molar refractivity (Wildman–Crippen MR) is 80.3 cm³/mol. The van der Waals surface area contributed by atoms with Crippen LogP contribution in [0.1, 0.15) is 45.1 Å². The lowest BCUT2D eigenvalue weighted by Gasteiger charge is -2.38. The van der Waals surface area contributed by atoms with Crippen LogP contribution in [0.25, 0.3) is 0 Å². The number of phenolic OH excluding ortho intramolecular Hbond substituents is 1. The van der Waals surface area contributed by atoms with E-state index in [4.69, 9.17) is 0 Å². The van der Waals surface area contributed by atoms with Gasteiger partial charge in [0.1, 0.15) is 5.75 Å². The van der Waals surface area contributed by atoms with Gasteiger partial charge in [-0.2, -0.15) is 0 Å². The van der Waals surface area contributed by atoms with Gasteiger partial charge in [0, 0.05) is 0 Å². The highest BCUT2D eigenvalue weighted by Gasteiger charge is 2.44. The molecule has 0 radical (unpaired) electrons. The molecule has 1 fully saturated rings. The van der Waals surface area contributed by atoms with E-state index in [1.165, 1.54) is 24.3 Å². The minimum atomic E-state index is -3.52. The van der Waals surface area contributed by atoms with Gasteiger partial charge in [-0.05, 0) is 50.8 Å². The first-order valence-corrected chi connectivity index (χ1v) is 8.80. The van der Waals surface area contributed by atoms with Crippen LogP contribution >= 0.6 is 0 Å². The maximum Gasteiger partial charge on any atom is 0.214 e. The molecule has 1 aromatic carbocycles. The van der Waals surface area contributed by atoms with E-state index in [1.807, 2.05) is 0 Å². The van der Waals surface area contributed by atoms with Gasteiger partial charge in [-0.3, -0.25) is 0 Å². The van der Waals surface area contributed by atoms with Crippen molar-refractivity contribution in [2.45, 2.75) is 56.5 Å². The number of phenols is 1. The van der Waals surface area contributed by atoms with E-state index in [0.717, 1.165) is 12.8 Å². The summed E-state index contributed by atoms with van der Waals surface area (Å²) in [5.41, 5.74) is -1.31.